The molecule has 1 aliphatic heterocycles. The van der Waals surface area contributed by atoms with Crippen LogP contribution in [0.25, 0.3) is 0 Å². The van der Waals surface area contributed by atoms with Crippen molar-refractivity contribution in [3.63, 3.8) is 0 Å². The van der Waals surface area contributed by atoms with Gasteiger partial charge in [-0.05, 0) is 0 Å². The molecule has 1 aliphatic rings. The Labute approximate surface area is 267 Å². The fraction of sp³-hybridized carbons (Fsp3) is 0.520. The predicted octanol–water partition coefficient (Wildman–Crippen LogP) is 0.725. The van der Waals surface area contributed by atoms with Crippen molar-refractivity contribution in [2.75, 3.05) is 79.3 Å². The van der Waals surface area contributed by atoms with Gasteiger partial charge >= 0.3 is 162 Å². The Balaban J connectivity index is 0.000000383. The minimum atomic E-state index is -7.16. The van der Waals surface area contributed by atoms with E-state index < -0.39 is 30.5 Å². The first-order valence-electron chi connectivity index (χ1n) is 12.1. The van der Waals surface area contributed by atoms with Crippen LogP contribution in [-0.2, 0) is 34.6 Å². The molecule has 0 atom stereocenters. The van der Waals surface area contributed by atoms with E-state index in [0.29, 0.717) is 104 Å². The largest absolute Gasteiger partial charge is 1.00 e. The van der Waals surface area contributed by atoms with E-state index in [9.17, 15) is 25.5 Å². The fourth-order valence-electron chi connectivity index (χ4n) is 3.13. The zero-order chi connectivity index (χ0) is 27.8. The summed E-state index contributed by atoms with van der Waals surface area (Å²) in [7, 11) is -7.16. The minimum Gasteiger partial charge on any atom is 1.00 e. The summed E-state index contributed by atoms with van der Waals surface area (Å²) in [6.45, 7) is 7.04. The van der Waals surface area contributed by atoms with Gasteiger partial charge in [0.05, 0.1) is 79.3 Å². The van der Waals surface area contributed by atoms with Gasteiger partial charge in [0.2, 0.25) is 0 Å². The topological polar surface area (TPSA) is 55.4 Å². The molecule has 14 heteroatoms. The van der Waals surface area contributed by atoms with E-state index in [1.165, 1.54) is 18.2 Å². The van der Waals surface area contributed by atoms with Crippen LogP contribution in [0.15, 0.2) is 54.6 Å². The molecule has 0 bridgehead atoms. The quantitative estimate of drug-likeness (QED) is 0.284. The molecule has 0 radical (unpaired) electrons. The first-order chi connectivity index (χ1) is 18.1. The summed E-state index contributed by atoms with van der Waals surface area (Å²) < 4.78 is 112. The summed E-state index contributed by atoms with van der Waals surface area (Å²) in [6.07, 6.45) is -4.65. The second-order valence-corrected chi connectivity index (χ2v) is 11.0. The molecule has 1 heterocycles. The molecule has 39 heavy (non-hydrogen) atoms. The maximum Gasteiger partial charge on any atom is 1.00 e. The average molecular weight is 611 g/mol. The zero-order valence-corrected chi connectivity index (χ0v) is 26.0. The SMILES string of the molecule is C1COCCOCCOCCOCCOCCO1.FC(F)(F)c1ccc([Si-](F)(F)(F)c2ccccc2)cc1.[K+]. The van der Waals surface area contributed by atoms with Crippen molar-refractivity contribution < 1.29 is 105 Å². The van der Waals surface area contributed by atoms with Crippen LogP contribution in [0.1, 0.15) is 5.56 Å². The van der Waals surface area contributed by atoms with E-state index in [0.717, 1.165) is 12.1 Å². The number of benzene rings is 2. The molecule has 2 aromatic carbocycles. The van der Waals surface area contributed by atoms with Crippen molar-refractivity contribution in [2.24, 2.45) is 0 Å². The van der Waals surface area contributed by atoms with Crippen LogP contribution in [0.4, 0.5) is 25.5 Å². The van der Waals surface area contributed by atoms with Gasteiger partial charge in [0.25, 0.3) is 0 Å². The number of rotatable bonds is 2. The molecular formula is C25H33F6KO6Si. The maximum atomic E-state index is 14.2. The number of hydrogen-bond acceptors (Lipinski definition) is 6. The molecule has 1 fully saturated rings. The summed E-state index contributed by atoms with van der Waals surface area (Å²) in [5, 5.41) is -1.78. The number of halogens is 6. The van der Waals surface area contributed by atoms with Crippen LogP contribution in [0.5, 0.6) is 0 Å². The molecule has 0 amide bonds. The molecule has 6 nitrogen and oxygen atoms in total. The summed E-state index contributed by atoms with van der Waals surface area (Å²) in [5.41, 5.74) is -1.09. The number of hydrogen-bond donors (Lipinski definition) is 0. The van der Waals surface area contributed by atoms with Gasteiger partial charge in [0.1, 0.15) is 0 Å². The molecule has 3 rings (SSSR count). The predicted molar refractivity (Wildman–Crippen MR) is 131 cm³/mol. The van der Waals surface area contributed by atoms with E-state index in [1.807, 2.05) is 0 Å². The monoisotopic (exact) mass is 610 g/mol. The smallest absolute Gasteiger partial charge is 1.00 e. The zero-order valence-electron chi connectivity index (χ0n) is 21.9. The standard InChI is InChI=1S/C13H9F6Si.C12H24O6.K/c14-13(15,16)10-6-8-12(9-7-10)20(17,18,19)11-4-2-1-3-5-11;1-2-14-5-6-16-9-10-18-12-11-17-8-7-15-4-3-13-1;/h1-9H;1-12H2;/q-1;;+1. The fourth-order valence-corrected chi connectivity index (χ4v) is 4.91. The van der Waals surface area contributed by atoms with Crippen molar-refractivity contribution in [2.45, 2.75) is 6.18 Å². The molecule has 0 saturated carbocycles. The molecule has 0 N–H and O–H groups in total. The van der Waals surface area contributed by atoms with Crippen LogP contribution in [0.3, 0.4) is 0 Å². The summed E-state index contributed by atoms with van der Waals surface area (Å²) >= 11 is 0. The Morgan fingerprint density at radius 3 is 1.03 bits per heavy atom. The summed E-state index contributed by atoms with van der Waals surface area (Å²) in [6, 6.07) is 7.76. The molecular weight excluding hydrogens is 577 g/mol. The van der Waals surface area contributed by atoms with Crippen molar-refractivity contribution in [3.05, 3.63) is 60.2 Å². The van der Waals surface area contributed by atoms with Gasteiger partial charge in [-0.1, -0.05) is 0 Å². The van der Waals surface area contributed by atoms with Gasteiger partial charge in [0, 0.05) is 0 Å². The van der Waals surface area contributed by atoms with Gasteiger partial charge < -0.3 is 28.4 Å². The van der Waals surface area contributed by atoms with Crippen LogP contribution in [0.2, 0.25) is 0 Å². The van der Waals surface area contributed by atoms with Crippen LogP contribution in [0, 0.1) is 0 Å². The summed E-state index contributed by atoms with van der Waals surface area (Å²) in [4.78, 5) is 0. The van der Waals surface area contributed by atoms with E-state index in [1.54, 1.807) is 0 Å². The van der Waals surface area contributed by atoms with Crippen molar-refractivity contribution >= 4 is 18.7 Å². The van der Waals surface area contributed by atoms with Crippen LogP contribution < -0.4 is 61.8 Å². The molecule has 0 aromatic heterocycles. The average Bonchev–Trinajstić information content (AvgIpc) is 2.89. The second kappa shape index (κ2) is 18.9. The van der Waals surface area contributed by atoms with Gasteiger partial charge in [-0.25, -0.2) is 0 Å². The Kier molecular flexibility index (Phi) is 17.8. The molecule has 216 valence electrons. The Bertz CT molecular complexity index is 825. The third-order valence-electron chi connectivity index (χ3n) is 5.16. The van der Waals surface area contributed by atoms with E-state index in [-0.39, 0.29) is 51.4 Å². The third-order valence-corrected chi connectivity index (χ3v) is 7.71. The maximum absolute atomic E-state index is 14.2. The minimum absolute atomic E-state index is 0. The normalized spacial score (nSPS) is 18.6. The molecule has 0 aliphatic carbocycles. The van der Waals surface area contributed by atoms with Gasteiger partial charge in [0.15, 0.2) is 0 Å². The van der Waals surface area contributed by atoms with Crippen molar-refractivity contribution in [3.8, 4) is 0 Å². The Morgan fingerprint density at radius 2 is 0.744 bits per heavy atom. The molecule has 0 unspecified atom stereocenters. The van der Waals surface area contributed by atoms with Crippen LogP contribution >= 0.6 is 0 Å². The second-order valence-electron chi connectivity index (χ2n) is 8.02. The molecule has 0 spiro atoms. The van der Waals surface area contributed by atoms with E-state index in [2.05, 4.69) is 0 Å². The van der Waals surface area contributed by atoms with Gasteiger partial charge in [-0.2, -0.15) is 0 Å². The third kappa shape index (κ3) is 14.4. The Hall–Kier alpha value is -0.367. The molecule has 1 saturated heterocycles. The Morgan fingerprint density at radius 1 is 0.462 bits per heavy atom. The van der Waals surface area contributed by atoms with Crippen molar-refractivity contribution in [1.29, 1.82) is 0 Å². The van der Waals surface area contributed by atoms with Crippen molar-refractivity contribution in [1.82, 2.24) is 0 Å². The van der Waals surface area contributed by atoms with E-state index in [4.69, 9.17) is 28.4 Å². The first-order valence-corrected chi connectivity index (χ1v) is 14.2. The number of alkyl halides is 3. The van der Waals surface area contributed by atoms with Gasteiger partial charge in [-0.3, -0.25) is 0 Å². The number of ether oxygens (including phenoxy) is 6. The van der Waals surface area contributed by atoms with E-state index >= 15 is 0 Å². The first kappa shape index (κ1) is 36.7. The summed E-state index contributed by atoms with van der Waals surface area (Å²) in [5.74, 6) is 0. The molecule has 2 aromatic rings. The van der Waals surface area contributed by atoms with Crippen LogP contribution in [-0.4, -0.2) is 87.6 Å². The van der Waals surface area contributed by atoms with Gasteiger partial charge in [-0.15, -0.1) is 0 Å².